The maximum Gasteiger partial charge on any atom is 0.215 e. The third kappa shape index (κ3) is 2.47. The molecule has 102 valence electrons. The fraction of sp³-hybridized carbons (Fsp3) is 0.200. The van der Waals surface area contributed by atoms with Crippen LogP contribution in [0.2, 0.25) is 0 Å². The minimum atomic E-state index is -0.226. The zero-order chi connectivity index (χ0) is 13.9. The van der Waals surface area contributed by atoms with Crippen molar-refractivity contribution in [3.8, 4) is 5.88 Å². The lowest BCUT2D eigenvalue weighted by atomic mass is 10.1. The van der Waals surface area contributed by atoms with Gasteiger partial charge in [0.05, 0.1) is 12.1 Å². The first-order chi connectivity index (χ1) is 9.76. The van der Waals surface area contributed by atoms with Crippen LogP contribution in [0.15, 0.2) is 36.4 Å². The first-order valence-electron chi connectivity index (χ1n) is 6.48. The zero-order valence-electron chi connectivity index (χ0n) is 11.1. The molecule has 1 aromatic carbocycles. The predicted octanol–water partition coefficient (Wildman–Crippen LogP) is 3.09. The van der Waals surface area contributed by atoms with Gasteiger partial charge < -0.3 is 9.72 Å². The summed E-state index contributed by atoms with van der Waals surface area (Å²) in [6.45, 7) is 2.46. The van der Waals surface area contributed by atoms with Gasteiger partial charge in [0.2, 0.25) is 5.88 Å². The molecule has 0 fully saturated rings. The Morgan fingerprint density at radius 1 is 1.15 bits per heavy atom. The number of hydrogen-bond donors (Lipinski definition) is 1. The molecule has 0 aliphatic rings. The van der Waals surface area contributed by atoms with Crippen molar-refractivity contribution in [1.29, 1.82) is 0 Å². The zero-order valence-corrected chi connectivity index (χ0v) is 11.1. The van der Waals surface area contributed by atoms with Gasteiger partial charge in [0.25, 0.3) is 0 Å². The molecular formula is C15H14FN3O. The molecule has 0 spiro atoms. The molecule has 0 saturated heterocycles. The van der Waals surface area contributed by atoms with Crippen molar-refractivity contribution in [2.24, 2.45) is 0 Å². The summed E-state index contributed by atoms with van der Waals surface area (Å²) in [5, 5.41) is 0. The van der Waals surface area contributed by atoms with Crippen molar-refractivity contribution >= 4 is 11.2 Å². The van der Waals surface area contributed by atoms with Crippen molar-refractivity contribution in [3.63, 3.8) is 0 Å². The lowest BCUT2D eigenvalue weighted by Gasteiger charge is -1.99. The van der Waals surface area contributed by atoms with E-state index in [2.05, 4.69) is 15.0 Å². The number of nitrogens with zero attached hydrogens (tertiary/aromatic N) is 2. The van der Waals surface area contributed by atoms with Crippen LogP contribution in [0, 0.1) is 5.82 Å². The third-order valence-electron chi connectivity index (χ3n) is 2.98. The van der Waals surface area contributed by atoms with Crippen LogP contribution in [0.4, 0.5) is 4.39 Å². The van der Waals surface area contributed by atoms with E-state index in [1.807, 2.05) is 19.1 Å². The van der Waals surface area contributed by atoms with Crippen molar-refractivity contribution in [2.75, 3.05) is 6.61 Å². The van der Waals surface area contributed by atoms with Gasteiger partial charge in [-0.1, -0.05) is 18.2 Å². The van der Waals surface area contributed by atoms with E-state index in [1.54, 1.807) is 18.2 Å². The highest BCUT2D eigenvalue weighted by Crippen LogP contribution is 2.17. The topological polar surface area (TPSA) is 50.8 Å². The molecule has 2 aromatic heterocycles. The van der Waals surface area contributed by atoms with Gasteiger partial charge in [0.1, 0.15) is 11.6 Å². The number of pyridine rings is 1. The summed E-state index contributed by atoms with van der Waals surface area (Å²) < 4.78 is 19.0. The second-order valence-corrected chi connectivity index (χ2v) is 4.41. The molecule has 0 bridgehead atoms. The van der Waals surface area contributed by atoms with E-state index in [4.69, 9.17) is 4.74 Å². The van der Waals surface area contributed by atoms with Crippen LogP contribution in [0.1, 0.15) is 18.3 Å². The second-order valence-electron chi connectivity index (χ2n) is 4.41. The number of ether oxygens (including phenoxy) is 1. The highest BCUT2D eigenvalue weighted by Gasteiger charge is 2.08. The van der Waals surface area contributed by atoms with Gasteiger partial charge in [0, 0.05) is 12.5 Å². The van der Waals surface area contributed by atoms with Gasteiger partial charge in [-0.15, -0.1) is 0 Å². The number of fused-ring (bicyclic) bond motifs is 1. The molecule has 3 rings (SSSR count). The van der Waals surface area contributed by atoms with E-state index < -0.39 is 0 Å². The molecule has 0 aliphatic heterocycles. The summed E-state index contributed by atoms with van der Waals surface area (Å²) >= 11 is 0. The summed E-state index contributed by atoms with van der Waals surface area (Å²) in [5.41, 5.74) is 2.01. The first kappa shape index (κ1) is 12.6. The highest BCUT2D eigenvalue weighted by atomic mass is 19.1. The molecule has 0 amide bonds. The van der Waals surface area contributed by atoms with Gasteiger partial charge in [-0.3, -0.25) is 0 Å². The number of benzene rings is 1. The fourth-order valence-electron chi connectivity index (χ4n) is 2.06. The summed E-state index contributed by atoms with van der Waals surface area (Å²) in [6, 6.07) is 10.3. The summed E-state index contributed by atoms with van der Waals surface area (Å²) in [5.74, 6) is 1.01. The van der Waals surface area contributed by atoms with Crippen molar-refractivity contribution in [2.45, 2.75) is 13.3 Å². The Balaban J connectivity index is 1.91. The minimum absolute atomic E-state index is 0.226. The quantitative estimate of drug-likeness (QED) is 0.793. The van der Waals surface area contributed by atoms with Gasteiger partial charge in [-0.25, -0.2) is 9.37 Å². The van der Waals surface area contributed by atoms with Gasteiger partial charge in [0.15, 0.2) is 5.65 Å². The Hall–Kier alpha value is -2.43. The maximum atomic E-state index is 13.6. The summed E-state index contributed by atoms with van der Waals surface area (Å²) in [6.07, 6.45) is 0.410. The number of nitrogens with one attached hydrogen (secondary N) is 1. The average Bonchev–Trinajstić information content (AvgIpc) is 2.83. The molecule has 0 saturated carbocycles. The van der Waals surface area contributed by atoms with E-state index >= 15 is 0 Å². The highest BCUT2D eigenvalue weighted by molar-refractivity contribution is 5.71. The Kier molecular flexibility index (Phi) is 3.33. The second kappa shape index (κ2) is 5.28. The molecule has 20 heavy (non-hydrogen) atoms. The standard InChI is InChI=1S/C15H14FN3O/c1-2-20-14-8-7-12-15(19-14)18-13(17-12)9-10-5-3-4-6-11(10)16/h3-8H,2,9H2,1H3,(H,17,18,19). The molecule has 3 aromatic rings. The van der Waals surface area contributed by atoms with Crippen molar-refractivity contribution in [3.05, 3.63) is 53.6 Å². The van der Waals surface area contributed by atoms with E-state index in [0.29, 0.717) is 35.9 Å². The molecule has 4 nitrogen and oxygen atoms in total. The normalized spacial score (nSPS) is 10.9. The van der Waals surface area contributed by atoms with E-state index in [-0.39, 0.29) is 5.82 Å². The van der Waals surface area contributed by atoms with Crippen LogP contribution < -0.4 is 4.74 Å². The van der Waals surface area contributed by atoms with Crippen LogP contribution in [0.25, 0.3) is 11.2 Å². The SMILES string of the molecule is CCOc1ccc2[nH]c(Cc3ccccc3F)nc2n1. The van der Waals surface area contributed by atoms with E-state index in [0.717, 1.165) is 5.52 Å². The van der Waals surface area contributed by atoms with Crippen LogP contribution in [-0.2, 0) is 6.42 Å². The summed E-state index contributed by atoms with van der Waals surface area (Å²) in [4.78, 5) is 11.8. The molecule has 2 heterocycles. The molecule has 0 atom stereocenters. The van der Waals surface area contributed by atoms with Crippen molar-refractivity contribution < 1.29 is 9.13 Å². The van der Waals surface area contributed by atoms with Crippen LogP contribution in [0.3, 0.4) is 0 Å². The van der Waals surface area contributed by atoms with Crippen LogP contribution >= 0.6 is 0 Å². The van der Waals surface area contributed by atoms with Gasteiger partial charge >= 0.3 is 0 Å². The number of aromatic nitrogens is 3. The third-order valence-corrected chi connectivity index (χ3v) is 2.98. The molecule has 0 aliphatic carbocycles. The Morgan fingerprint density at radius 3 is 2.80 bits per heavy atom. The molecule has 5 heteroatoms. The number of aromatic amines is 1. The monoisotopic (exact) mass is 271 g/mol. The van der Waals surface area contributed by atoms with Crippen molar-refractivity contribution in [1.82, 2.24) is 15.0 Å². The Morgan fingerprint density at radius 2 is 2.00 bits per heavy atom. The van der Waals surface area contributed by atoms with Gasteiger partial charge in [-0.05, 0) is 24.6 Å². The van der Waals surface area contributed by atoms with E-state index in [1.165, 1.54) is 6.07 Å². The number of rotatable bonds is 4. The molecule has 0 unspecified atom stereocenters. The smallest absolute Gasteiger partial charge is 0.215 e. The predicted molar refractivity (Wildman–Crippen MR) is 74.3 cm³/mol. The molecular weight excluding hydrogens is 257 g/mol. The Bertz CT molecular complexity index is 739. The molecule has 1 N–H and O–H groups in total. The minimum Gasteiger partial charge on any atom is -0.478 e. The van der Waals surface area contributed by atoms with Gasteiger partial charge in [-0.2, -0.15) is 4.98 Å². The largest absolute Gasteiger partial charge is 0.478 e. The van der Waals surface area contributed by atoms with E-state index in [9.17, 15) is 4.39 Å². The molecule has 0 radical (unpaired) electrons. The maximum absolute atomic E-state index is 13.6. The fourth-order valence-corrected chi connectivity index (χ4v) is 2.06. The summed E-state index contributed by atoms with van der Waals surface area (Å²) in [7, 11) is 0. The lowest BCUT2D eigenvalue weighted by Crippen LogP contribution is -1.94. The number of hydrogen-bond acceptors (Lipinski definition) is 3. The number of H-pyrrole nitrogens is 1. The number of halogens is 1. The Labute approximate surface area is 115 Å². The van der Waals surface area contributed by atoms with Crippen LogP contribution in [-0.4, -0.2) is 21.6 Å². The number of imidazole rings is 1. The van der Waals surface area contributed by atoms with Crippen LogP contribution in [0.5, 0.6) is 5.88 Å². The lowest BCUT2D eigenvalue weighted by molar-refractivity contribution is 0.328. The average molecular weight is 271 g/mol. The first-order valence-corrected chi connectivity index (χ1v) is 6.48.